The molecule has 38 heavy (non-hydrogen) atoms. The van der Waals surface area contributed by atoms with Crippen LogP contribution in [0.1, 0.15) is 124 Å². The lowest BCUT2D eigenvalue weighted by molar-refractivity contribution is -0.154. The predicted molar refractivity (Wildman–Crippen MR) is 155 cm³/mol. The molecule has 220 valence electrons. The molecular formula is C33H58O5. The normalized spacial score (nSPS) is 25.8. The molecule has 1 N–H and O–H groups in total. The van der Waals surface area contributed by atoms with Crippen LogP contribution >= 0.6 is 0 Å². The Labute approximate surface area is 233 Å². The van der Waals surface area contributed by atoms with Crippen molar-refractivity contribution in [3.05, 3.63) is 12.7 Å². The highest BCUT2D eigenvalue weighted by Crippen LogP contribution is 2.43. The summed E-state index contributed by atoms with van der Waals surface area (Å²) in [5, 5.41) is 9.64. The predicted octanol–water partition coefficient (Wildman–Crippen LogP) is 7.89. The maximum atomic E-state index is 12.3. The molecule has 2 aliphatic rings. The van der Waals surface area contributed by atoms with Crippen molar-refractivity contribution in [1.29, 1.82) is 0 Å². The lowest BCUT2D eigenvalue weighted by Gasteiger charge is -2.38. The molecule has 2 saturated carbocycles. The van der Waals surface area contributed by atoms with Gasteiger partial charge in [0.1, 0.15) is 0 Å². The first-order valence-corrected chi connectivity index (χ1v) is 15.7. The molecule has 0 aliphatic heterocycles. The SMILES string of the molecule is C=CC(=O)OCC(CC1CCC(C2CCC(CCCCC)CC2)CC1)CC(CCO)COC(=O)C(C)(C)C. The fourth-order valence-corrected chi connectivity index (χ4v) is 6.82. The summed E-state index contributed by atoms with van der Waals surface area (Å²) in [4.78, 5) is 24.1. The van der Waals surface area contributed by atoms with E-state index in [1.807, 2.05) is 20.8 Å². The van der Waals surface area contributed by atoms with E-state index in [9.17, 15) is 14.7 Å². The first kappa shape index (κ1) is 32.8. The molecule has 5 heteroatoms. The zero-order valence-electron chi connectivity index (χ0n) is 25.1. The molecule has 2 fully saturated rings. The number of rotatable bonds is 16. The average molecular weight is 535 g/mol. The minimum absolute atomic E-state index is 0.0579. The smallest absolute Gasteiger partial charge is 0.330 e. The van der Waals surface area contributed by atoms with E-state index < -0.39 is 5.41 Å². The molecule has 0 bridgehead atoms. The van der Waals surface area contributed by atoms with Crippen LogP contribution in [0.2, 0.25) is 0 Å². The highest BCUT2D eigenvalue weighted by molar-refractivity contribution is 5.81. The molecule has 0 amide bonds. The lowest BCUT2D eigenvalue weighted by atomic mass is 9.67. The molecular weight excluding hydrogens is 476 g/mol. The number of carbonyl (C=O) groups is 2. The van der Waals surface area contributed by atoms with Gasteiger partial charge < -0.3 is 14.6 Å². The molecule has 2 rings (SSSR count). The zero-order chi connectivity index (χ0) is 28.0. The van der Waals surface area contributed by atoms with Gasteiger partial charge in [-0.1, -0.05) is 64.9 Å². The number of aliphatic hydroxyl groups is 1. The van der Waals surface area contributed by atoms with Crippen molar-refractivity contribution in [2.45, 2.75) is 124 Å². The second-order valence-electron chi connectivity index (χ2n) is 13.5. The maximum absolute atomic E-state index is 12.3. The fraction of sp³-hybridized carbons (Fsp3) is 0.879. The van der Waals surface area contributed by atoms with Gasteiger partial charge in [-0.3, -0.25) is 4.79 Å². The quantitative estimate of drug-likeness (QED) is 0.124. The zero-order valence-corrected chi connectivity index (χ0v) is 25.1. The summed E-state index contributed by atoms with van der Waals surface area (Å²) in [6.07, 6.45) is 20.1. The first-order valence-electron chi connectivity index (χ1n) is 15.7. The average Bonchev–Trinajstić information content (AvgIpc) is 2.90. The second kappa shape index (κ2) is 17.4. The second-order valence-corrected chi connectivity index (χ2v) is 13.5. The van der Waals surface area contributed by atoms with Gasteiger partial charge in [-0.15, -0.1) is 0 Å². The van der Waals surface area contributed by atoms with Gasteiger partial charge in [-0.05, 0) is 101 Å². The van der Waals surface area contributed by atoms with Crippen LogP contribution in [0.3, 0.4) is 0 Å². The third-order valence-electron chi connectivity index (χ3n) is 9.23. The van der Waals surface area contributed by atoms with Crippen LogP contribution in [0.25, 0.3) is 0 Å². The Kier molecular flexibility index (Phi) is 15.0. The Morgan fingerprint density at radius 2 is 1.47 bits per heavy atom. The first-order chi connectivity index (χ1) is 18.2. The molecule has 0 spiro atoms. The van der Waals surface area contributed by atoms with Gasteiger partial charge in [0.25, 0.3) is 0 Å². The summed E-state index contributed by atoms with van der Waals surface area (Å²) in [7, 11) is 0. The van der Waals surface area contributed by atoms with E-state index in [0.29, 0.717) is 25.6 Å². The number of carbonyl (C=O) groups excluding carboxylic acids is 2. The van der Waals surface area contributed by atoms with E-state index >= 15 is 0 Å². The van der Waals surface area contributed by atoms with Crippen LogP contribution in [0.15, 0.2) is 12.7 Å². The van der Waals surface area contributed by atoms with Crippen molar-refractivity contribution in [1.82, 2.24) is 0 Å². The van der Waals surface area contributed by atoms with Crippen LogP contribution < -0.4 is 0 Å². The summed E-state index contributed by atoms with van der Waals surface area (Å²) < 4.78 is 11.1. The molecule has 0 heterocycles. The minimum Gasteiger partial charge on any atom is -0.465 e. The molecule has 5 nitrogen and oxygen atoms in total. The number of esters is 2. The van der Waals surface area contributed by atoms with Crippen LogP contribution in [0.4, 0.5) is 0 Å². The van der Waals surface area contributed by atoms with Crippen molar-refractivity contribution in [3.8, 4) is 0 Å². The minimum atomic E-state index is -0.546. The van der Waals surface area contributed by atoms with Gasteiger partial charge in [0, 0.05) is 12.7 Å². The van der Waals surface area contributed by atoms with Gasteiger partial charge in [-0.25, -0.2) is 4.79 Å². The number of ether oxygens (including phenoxy) is 2. The number of aliphatic hydroxyl groups excluding tert-OH is 1. The highest BCUT2D eigenvalue weighted by atomic mass is 16.5. The van der Waals surface area contributed by atoms with E-state index in [1.54, 1.807) is 0 Å². The number of unbranched alkanes of at least 4 members (excludes halogenated alkanes) is 2. The summed E-state index contributed by atoms with van der Waals surface area (Å²) >= 11 is 0. The fourth-order valence-electron chi connectivity index (χ4n) is 6.82. The molecule has 0 radical (unpaired) electrons. The van der Waals surface area contributed by atoms with E-state index in [1.165, 1.54) is 83.1 Å². The summed E-state index contributed by atoms with van der Waals surface area (Å²) in [5.41, 5.74) is -0.546. The van der Waals surface area contributed by atoms with Crippen LogP contribution in [-0.4, -0.2) is 36.9 Å². The Morgan fingerprint density at radius 1 is 0.895 bits per heavy atom. The van der Waals surface area contributed by atoms with Crippen molar-refractivity contribution >= 4 is 11.9 Å². The maximum Gasteiger partial charge on any atom is 0.330 e. The van der Waals surface area contributed by atoms with Gasteiger partial charge in [-0.2, -0.15) is 0 Å². The molecule has 0 aromatic heterocycles. The monoisotopic (exact) mass is 534 g/mol. The van der Waals surface area contributed by atoms with E-state index in [0.717, 1.165) is 30.6 Å². The van der Waals surface area contributed by atoms with Crippen molar-refractivity contribution < 1.29 is 24.2 Å². The number of hydrogen-bond donors (Lipinski definition) is 1. The van der Waals surface area contributed by atoms with E-state index in [-0.39, 0.29) is 30.4 Å². The molecule has 0 aromatic rings. The topological polar surface area (TPSA) is 72.8 Å². The van der Waals surface area contributed by atoms with Gasteiger partial charge in [0.05, 0.1) is 18.6 Å². The van der Waals surface area contributed by atoms with Crippen LogP contribution in [0.5, 0.6) is 0 Å². The summed E-state index contributed by atoms with van der Waals surface area (Å²) in [6, 6.07) is 0. The number of hydrogen-bond acceptors (Lipinski definition) is 5. The molecule has 2 aliphatic carbocycles. The van der Waals surface area contributed by atoms with Crippen molar-refractivity contribution in [2.24, 2.45) is 40.9 Å². The highest BCUT2D eigenvalue weighted by Gasteiger charge is 2.32. The Hall–Kier alpha value is -1.36. The molecule has 2 atom stereocenters. The standard InChI is InChI=1S/C33H58O5/c1-6-8-9-10-25-11-15-29(16-12-25)30-17-13-26(14-18-30)21-28(24-37-31(35)7-2)22-27(19-20-34)23-38-32(36)33(3,4)5/h7,25-30,34H,2,6,8-24H2,1,3-5H3. The van der Waals surface area contributed by atoms with Gasteiger partial charge in [0.15, 0.2) is 0 Å². The Bertz CT molecular complexity index is 680. The van der Waals surface area contributed by atoms with Gasteiger partial charge >= 0.3 is 11.9 Å². The third kappa shape index (κ3) is 12.2. The summed E-state index contributed by atoms with van der Waals surface area (Å²) in [6.45, 7) is 12.1. The van der Waals surface area contributed by atoms with Crippen molar-refractivity contribution in [2.75, 3.05) is 19.8 Å². The van der Waals surface area contributed by atoms with E-state index in [2.05, 4.69) is 13.5 Å². The Balaban J connectivity index is 1.85. The van der Waals surface area contributed by atoms with Crippen LogP contribution in [0, 0.1) is 40.9 Å². The third-order valence-corrected chi connectivity index (χ3v) is 9.23. The lowest BCUT2D eigenvalue weighted by Crippen LogP contribution is -2.29. The van der Waals surface area contributed by atoms with Crippen LogP contribution in [-0.2, 0) is 19.1 Å². The summed E-state index contributed by atoms with van der Waals surface area (Å²) in [5.74, 6) is 3.09. The largest absolute Gasteiger partial charge is 0.465 e. The molecule has 0 saturated heterocycles. The van der Waals surface area contributed by atoms with Gasteiger partial charge in [0.2, 0.25) is 0 Å². The molecule has 2 unspecified atom stereocenters. The van der Waals surface area contributed by atoms with Crippen molar-refractivity contribution in [3.63, 3.8) is 0 Å². The molecule has 0 aromatic carbocycles. The van der Waals surface area contributed by atoms with E-state index in [4.69, 9.17) is 9.47 Å². The Morgan fingerprint density at radius 3 is 2.00 bits per heavy atom.